The van der Waals surface area contributed by atoms with Crippen molar-refractivity contribution in [1.82, 2.24) is 0 Å². The highest BCUT2D eigenvalue weighted by atomic mass is 35.5. The van der Waals surface area contributed by atoms with Crippen LogP contribution in [0.4, 0.5) is 5.69 Å². The van der Waals surface area contributed by atoms with Gasteiger partial charge in [-0.3, -0.25) is 4.72 Å². The summed E-state index contributed by atoms with van der Waals surface area (Å²) >= 11 is 17.5. The van der Waals surface area contributed by atoms with Crippen LogP contribution >= 0.6 is 34.8 Å². The molecule has 19 heavy (non-hydrogen) atoms. The molecule has 0 heterocycles. The van der Waals surface area contributed by atoms with E-state index in [0.29, 0.717) is 10.7 Å². The van der Waals surface area contributed by atoms with E-state index < -0.39 is 10.0 Å². The average molecular weight is 337 g/mol. The molecule has 0 atom stereocenters. The maximum absolute atomic E-state index is 12.1. The molecule has 0 saturated carbocycles. The molecule has 0 aromatic heterocycles. The van der Waals surface area contributed by atoms with Crippen molar-refractivity contribution >= 4 is 50.5 Å². The molecule has 0 fully saturated rings. The summed E-state index contributed by atoms with van der Waals surface area (Å²) in [6.07, 6.45) is 0. The van der Waals surface area contributed by atoms with Crippen molar-refractivity contribution in [2.45, 2.75) is 4.90 Å². The number of anilines is 1. The molecule has 0 bridgehead atoms. The number of rotatable bonds is 3. The lowest BCUT2D eigenvalue weighted by Gasteiger charge is -2.09. The molecular formula is C12H8Cl3NO2S. The number of nitrogens with one attached hydrogen (secondary N) is 1. The molecule has 3 nitrogen and oxygen atoms in total. The standard InChI is InChI=1S/C12H8Cl3NO2S/c13-9-6-5-8(7-11(9)15)16-19(17,18)12-4-2-1-3-10(12)14/h1-7,16H. The van der Waals surface area contributed by atoms with Crippen molar-refractivity contribution < 1.29 is 8.42 Å². The van der Waals surface area contributed by atoms with E-state index in [2.05, 4.69) is 4.72 Å². The Morgan fingerprint density at radius 3 is 2.16 bits per heavy atom. The minimum absolute atomic E-state index is 0.00254. The maximum Gasteiger partial charge on any atom is 0.263 e. The van der Waals surface area contributed by atoms with Gasteiger partial charge in [0.2, 0.25) is 0 Å². The normalized spacial score (nSPS) is 11.3. The number of halogens is 3. The van der Waals surface area contributed by atoms with Crippen molar-refractivity contribution in [1.29, 1.82) is 0 Å². The zero-order valence-electron chi connectivity index (χ0n) is 9.40. The van der Waals surface area contributed by atoms with Crippen LogP contribution in [0.25, 0.3) is 0 Å². The van der Waals surface area contributed by atoms with Crippen LogP contribution in [0.15, 0.2) is 47.4 Å². The van der Waals surface area contributed by atoms with Crippen molar-refractivity contribution in [3.8, 4) is 0 Å². The summed E-state index contributed by atoms with van der Waals surface area (Å²) < 4.78 is 26.7. The molecule has 7 heteroatoms. The van der Waals surface area contributed by atoms with E-state index in [1.807, 2.05) is 0 Å². The molecule has 1 N–H and O–H groups in total. The Morgan fingerprint density at radius 2 is 1.53 bits per heavy atom. The van der Waals surface area contributed by atoms with Crippen LogP contribution in [0.1, 0.15) is 0 Å². The Bertz CT molecular complexity index is 717. The lowest BCUT2D eigenvalue weighted by molar-refractivity contribution is 0.601. The van der Waals surface area contributed by atoms with Crippen molar-refractivity contribution in [2.24, 2.45) is 0 Å². The third-order valence-electron chi connectivity index (χ3n) is 2.30. The topological polar surface area (TPSA) is 46.2 Å². The van der Waals surface area contributed by atoms with Gasteiger partial charge in [0.1, 0.15) is 4.90 Å². The monoisotopic (exact) mass is 335 g/mol. The molecule has 0 unspecified atom stereocenters. The average Bonchev–Trinajstić information content (AvgIpc) is 2.34. The first-order valence-corrected chi connectivity index (χ1v) is 7.74. The van der Waals surface area contributed by atoms with E-state index in [0.717, 1.165) is 0 Å². The molecule has 2 rings (SSSR count). The second kappa shape index (κ2) is 5.59. The van der Waals surface area contributed by atoms with Crippen molar-refractivity contribution in [2.75, 3.05) is 4.72 Å². The van der Waals surface area contributed by atoms with Crippen LogP contribution in [-0.2, 0) is 10.0 Å². The molecule has 2 aromatic carbocycles. The predicted molar refractivity (Wildman–Crippen MR) is 78.7 cm³/mol. The van der Waals surface area contributed by atoms with E-state index in [1.165, 1.54) is 30.3 Å². The molecule has 0 aliphatic rings. The number of sulfonamides is 1. The van der Waals surface area contributed by atoms with Crippen LogP contribution < -0.4 is 4.72 Å². The fourth-order valence-electron chi connectivity index (χ4n) is 1.43. The summed E-state index contributed by atoms with van der Waals surface area (Å²) in [7, 11) is -3.76. The largest absolute Gasteiger partial charge is 0.280 e. The van der Waals surface area contributed by atoms with E-state index in [9.17, 15) is 8.42 Å². The summed E-state index contributed by atoms with van der Waals surface area (Å²) in [5.41, 5.74) is 0.314. The van der Waals surface area contributed by atoms with Crippen LogP contribution in [0.2, 0.25) is 15.1 Å². The zero-order valence-corrected chi connectivity index (χ0v) is 12.5. The summed E-state index contributed by atoms with van der Waals surface area (Å²) in [6, 6.07) is 10.6. The van der Waals surface area contributed by atoms with E-state index >= 15 is 0 Å². The number of hydrogen-bond acceptors (Lipinski definition) is 2. The Hall–Kier alpha value is -0.940. The first-order valence-electron chi connectivity index (χ1n) is 5.12. The van der Waals surface area contributed by atoms with Gasteiger partial charge in [0, 0.05) is 0 Å². The van der Waals surface area contributed by atoms with Crippen molar-refractivity contribution in [3.63, 3.8) is 0 Å². The highest BCUT2D eigenvalue weighted by Gasteiger charge is 2.17. The zero-order chi connectivity index (χ0) is 14.0. The molecule has 0 aliphatic heterocycles. The fourth-order valence-corrected chi connectivity index (χ4v) is 3.30. The quantitative estimate of drug-likeness (QED) is 0.900. The second-order valence-corrected chi connectivity index (χ2v) is 6.54. The number of hydrogen-bond donors (Lipinski definition) is 1. The lowest BCUT2D eigenvalue weighted by atomic mass is 10.3. The summed E-state index contributed by atoms with van der Waals surface area (Å²) in [4.78, 5) is 0.00254. The first-order chi connectivity index (χ1) is 8.90. The lowest BCUT2D eigenvalue weighted by Crippen LogP contribution is -2.13. The van der Waals surface area contributed by atoms with E-state index in [4.69, 9.17) is 34.8 Å². The summed E-state index contributed by atoms with van der Waals surface area (Å²) in [6.45, 7) is 0. The Balaban J connectivity index is 2.37. The first kappa shape index (κ1) is 14.5. The Kier molecular flexibility index (Phi) is 4.26. The SMILES string of the molecule is O=S(=O)(Nc1ccc(Cl)c(Cl)c1)c1ccccc1Cl. The molecule has 0 saturated heterocycles. The van der Waals surface area contributed by atoms with Gasteiger partial charge in [-0.1, -0.05) is 46.9 Å². The molecule has 0 amide bonds. The molecule has 0 aliphatic carbocycles. The minimum Gasteiger partial charge on any atom is -0.280 e. The van der Waals surface area contributed by atoms with E-state index in [1.54, 1.807) is 12.1 Å². The van der Waals surface area contributed by atoms with Gasteiger partial charge in [0.05, 0.1) is 20.8 Å². The van der Waals surface area contributed by atoms with Gasteiger partial charge in [0.15, 0.2) is 0 Å². The summed E-state index contributed by atoms with van der Waals surface area (Å²) in [5.74, 6) is 0. The van der Waals surface area contributed by atoms with Gasteiger partial charge in [0.25, 0.3) is 10.0 Å². The predicted octanol–water partition coefficient (Wildman–Crippen LogP) is 4.45. The molecule has 100 valence electrons. The molecule has 0 spiro atoms. The van der Waals surface area contributed by atoms with Crippen LogP contribution in [-0.4, -0.2) is 8.42 Å². The van der Waals surface area contributed by atoms with E-state index in [-0.39, 0.29) is 14.9 Å². The van der Waals surface area contributed by atoms with Gasteiger partial charge < -0.3 is 0 Å². The van der Waals surface area contributed by atoms with Crippen LogP contribution in [0.5, 0.6) is 0 Å². The highest BCUT2D eigenvalue weighted by molar-refractivity contribution is 7.92. The van der Waals surface area contributed by atoms with Crippen LogP contribution in [0.3, 0.4) is 0 Å². The molecule has 0 radical (unpaired) electrons. The molecule has 2 aromatic rings. The Labute approximate surface area is 126 Å². The molecular weight excluding hydrogens is 329 g/mol. The minimum atomic E-state index is -3.76. The van der Waals surface area contributed by atoms with Crippen LogP contribution in [0, 0.1) is 0 Å². The third-order valence-corrected chi connectivity index (χ3v) is 4.92. The Morgan fingerprint density at radius 1 is 0.842 bits per heavy atom. The summed E-state index contributed by atoms with van der Waals surface area (Å²) in [5, 5.41) is 0.762. The van der Waals surface area contributed by atoms with Gasteiger partial charge in [-0.15, -0.1) is 0 Å². The van der Waals surface area contributed by atoms with Gasteiger partial charge >= 0.3 is 0 Å². The van der Waals surface area contributed by atoms with Crippen molar-refractivity contribution in [3.05, 3.63) is 57.5 Å². The number of benzene rings is 2. The van der Waals surface area contributed by atoms with Gasteiger partial charge in [-0.05, 0) is 30.3 Å². The van der Waals surface area contributed by atoms with Gasteiger partial charge in [-0.25, -0.2) is 8.42 Å². The maximum atomic E-state index is 12.1. The van der Waals surface area contributed by atoms with Gasteiger partial charge in [-0.2, -0.15) is 0 Å². The fraction of sp³-hybridized carbons (Fsp3) is 0. The highest BCUT2D eigenvalue weighted by Crippen LogP contribution is 2.28. The third kappa shape index (κ3) is 3.34. The smallest absolute Gasteiger partial charge is 0.263 e. The second-order valence-electron chi connectivity index (χ2n) is 3.66.